The van der Waals surface area contributed by atoms with Crippen molar-refractivity contribution in [2.24, 2.45) is 11.8 Å². The largest absolute Gasteiger partial charge is 0.369 e. The predicted molar refractivity (Wildman–Crippen MR) is 115 cm³/mol. The first-order valence-electron chi connectivity index (χ1n) is 10.7. The lowest BCUT2D eigenvalue weighted by atomic mass is 9.48. The van der Waals surface area contributed by atoms with Crippen molar-refractivity contribution < 1.29 is 9.59 Å². The van der Waals surface area contributed by atoms with Crippen molar-refractivity contribution in [3.63, 3.8) is 0 Å². The van der Waals surface area contributed by atoms with Gasteiger partial charge in [-0.25, -0.2) is 0 Å². The van der Waals surface area contributed by atoms with Crippen LogP contribution in [-0.4, -0.2) is 37.0 Å². The van der Waals surface area contributed by atoms with Crippen molar-refractivity contribution in [2.75, 3.05) is 23.7 Å². The second-order valence-corrected chi connectivity index (χ2v) is 9.13. The Bertz CT molecular complexity index is 999. The number of Topliss-reactive ketones (excluding diaryl/α,β-unsaturated/α-hetero) is 2. The molecule has 0 saturated carbocycles. The molecule has 2 saturated heterocycles. The standard InChI is InChI=1S/C24H26N4O2/c1-13(29)17-11-25-21-23(17,15-7-3-5-9-19(15)27-21)24-16-8-4-6-10-20(16)28-22(24)26-12-18(24)14(2)30/h3-10,17-18,21-22,25-28H,11-12H2,1-2H3. The second-order valence-electron chi connectivity index (χ2n) is 9.13. The number of rotatable bonds is 3. The maximum Gasteiger partial charge on any atom is 0.135 e. The Balaban J connectivity index is 1.75. The molecule has 4 N–H and O–H groups in total. The molecule has 6 rings (SSSR count). The van der Waals surface area contributed by atoms with Crippen LogP contribution >= 0.6 is 0 Å². The van der Waals surface area contributed by atoms with Gasteiger partial charge in [-0.15, -0.1) is 0 Å². The zero-order valence-corrected chi connectivity index (χ0v) is 17.2. The van der Waals surface area contributed by atoms with Crippen molar-refractivity contribution in [2.45, 2.75) is 37.0 Å². The predicted octanol–water partition coefficient (Wildman–Crippen LogP) is 1.98. The lowest BCUT2D eigenvalue weighted by molar-refractivity contribution is -0.127. The molecule has 4 aliphatic heterocycles. The summed E-state index contributed by atoms with van der Waals surface area (Å²) in [4.78, 5) is 26.3. The summed E-state index contributed by atoms with van der Waals surface area (Å²) in [6.45, 7) is 4.59. The summed E-state index contributed by atoms with van der Waals surface area (Å²) in [5.74, 6) is -0.155. The lowest BCUT2D eigenvalue weighted by Gasteiger charge is -2.52. The van der Waals surface area contributed by atoms with Gasteiger partial charge in [0, 0.05) is 36.3 Å². The Morgan fingerprint density at radius 2 is 1.13 bits per heavy atom. The average Bonchev–Trinajstić information content (AvgIpc) is 3.42. The van der Waals surface area contributed by atoms with E-state index < -0.39 is 10.8 Å². The minimum Gasteiger partial charge on any atom is -0.369 e. The number of carbonyl (C=O) groups excluding carboxylic acids is 2. The number of ketones is 2. The van der Waals surface area contributed by atoms with Crippen LogP contribution in [0, 0.1) is 11.8 Å². The van der Waals surface area contributed by atoms with E-state index in [-0.39, 0.29) is 35.7 Å². The van der Waals surface area contributed by atoms with Gasteiger partial charge in [-0.3, -0.25) is 20.2 Å². The molecule has 0 amide bonds. The third kappa shape index (κ3) is 1.83. The molecule has 154 valence electrons. The first-order chi connectivity index (χ1) is 14.5. The van der Waals surface area contributed by atoms with Crippen LogP contribution in [-0.2, 0) is 20.4 Å². The summed E-state index contributed by atoms with van der Waals surface area (Å²) in [5, 5.41) is 14.6. The van der Waals surface area contributed by atoms with E-state index in [1.165, 1.54) is 0 Å². The van der Waals surface area contributed by atoms with Gasteiger partial charge >= 0.3 is 0 Å². The minimum atomic E-state index is -0.584. The quantitative estimate of drug-likeness (QED) is 0.629. The van der Waals surface area contributed by atoms with Crippen LogP contribution < -0.4 is 21.3 Å². The molecule has 0 aliphatic carbocycles. The fourth-order valence-corrected chi connectivity index (χ4v) is 7.21. The molecule has 4 aliphatic rings. The molecule has 4 heterocycles. The summed E-state index contributed by atoms with van der Waals surface area (Å²) >= 11 is 0. The SMILES string of the molecule is CC(=O)C1CNC2Nc3ccccc3C21C12c3ccccc3NC1NCC2C(C)=O. The smallest absolute Gasteiger partial charge is 0.135 e. The third-order valence-electron chi connectivity index (χ3n) is 8.07. The van der Waals surface area contributed by atoms with Gasteiger partial charge in [-0.1, -0.05) is 36.4 Å². The Morgan fingerprint density at radius 1 is 0.733 bits per heavy atom. The molecule has 30 heavy (non-hydrogen) atoms. The van der Waals surface area contributed by atoms with Gasteiger partial charge in [-0.2, -0.15) is 0 Å². The molecular formula is C24H26N4O2. The van der Waals surface area contributed by atoms with Crippen molar-refractivity contribution in [3.8, 4) is 0 Å². The lowest BCUT2D eigenvalue weighted by Crippen LogP contribution is -2.66. The van der Waals surface area contributed by atoms with Gasteiger partial charge in [0.05, 0.1) is 23.2 Å². The molecule has 2 aromatic carbocycles. The summed E-state index contributed by atoms with van der Waals surface area (Å²) in [6, 6.07) is 16.6. The highest BCUT2D eigenvalue weighted by Gasteiger charge is 2.76. The monoisotopic (exact) mass is 402 g/mol. The Morgan fingerprint density at radius 3 is 1.53 bits per heavy atom. The Hall–Kier alpha value is -2.70. The number of fused-ring (bicyclic) bond motifs is 7. The molecule has 6 heteroatoms. The van der Waals surface area contributed by atoms with Gasteiger partial charge in [0.1, 0.15) is 11.6 Å². The normalized spacial score (nSPS) is 37.5. The highest BCUT2D eigenvalue weighted by molar-refractivity contribution is 5.89. The molecule has 6 unspecified atom stereocenters. The molecule has 0 bridgehead atoms. The summed E-state index contributed by atoms with van der Waals surface area (Å²) in [7, 11) is 0. The van der Waals surface area contributed by atoms with Gasteiger partial charge in [0.15, 0.2) is 0 Å². The fourth-order valence-electron chi connectivity index (χ4n) is 7.21. The van der Waals surface area contributed by atoms with E-state index in [1.54, 1.807) is 13.8 Å². The fraction of sp³-hybridized carbons (Fsp3) is 0.417. The van der Waals surface area contributed by atoms with Crippen LogP contribution in [0.1, 0.15) is 25.0 Å². The Kier molecular flexibility index (Phi) is 3.58. The Labute approximate surface area is 175 Å². The van der Waals surface area contributed by atoms with Crippen molar-refractivity contribution in [1.29, 1.82) is 0 Å². The van der Waals surface area contributed by atoms with E-state index in [1.807, 2.05) is 24.3 Å². The first-order valence-corrected chi connectivity index (χ1v) is 10.7. The molecule has 0 aromatic heterocycles. The number of hydrogen-bond donors (Lipinski definition) is 4. The molecule has 2 fully saturated rings. The van der Waals surface area contributed by atoms with E-state index in [0.29, 0.717) is 13.1 Å². The van der Waals surface area contributed by atoms with Crippen LogP contribution in [0.3, 0.4) is 0 Å². The summed E-state index contributed by atoms with van der Waals surface area (Å²) < 4.78 is 0. The van der Waals surface area contributed by atoms with E-state index in [9.17, 15) is 9.59 Å². The van der Waals surface area contributed by atoms with E-state index in [2.05, 4.69) is 45.5 Å². The molecule has 2 aromatic rings. The molecular weight excluding hydrogens is 376 g/mol. The maximum absolute atomic E-state index is 13.1. The number of para-hydroxylation sites is 2. The van der Waals surface area contributed by atoms with Crippen LogP contribution in [0.4, 0.5) is 11.4 Å². The maximum atomic E-state index is 13.1. The van der Waals surface area contributed by atoms with Crippen LogP contribution in [0.5, 0.6) is 0 Å². The number of nitrogens with one attached hydrogen (secondary N) is 4. The van der Waals surface area contributed by atoms with Crippen LogP contribution in [0.15, 0.2) is 48.5 Å². The van der Waals surface area contributed by atoms with Crippen molar-refractivity contribution >= 4 is 22.9 Å². The number of anilines is 2. The van der Waals surface area contributed by atoms with E-state index >= 15 is 0 Å². The molecule has 6 atom stereocenters. The first kappa shape index (κ1) is 18.1. The third-order valence-corrected chi connectivity index (χ3v) is 8.07. The van der Waals surface area contributed by atoms with E-state index in [4.69, 9.17) is 0 Å². The summed E-state index contributed by atoms with van der Waals surface area (Å²) in [5.41, 5.74) is 3.21. The van der Waals surface area contributed by atoms with E-state index in [0.717, 1.165) is 22.5 Å². The second kappa shape index (κ2) is 5.93. The number of hydrogen-bond acceptors (Lipinski definition) is 6. The zero-order chi connectivity index (χ0) is 20.7. The van der Waals surface area contributed by atoms with Gasteiger partial charge in [0.25, 0.3) is 0 Å². The zero-order valence-electron chi connectivity index (χ0n) is 17.2. The number of benzene rings is 2. The molecule has 6 nitrogen and oxygen atoms in total. The highest BCUT2D eigenvalue weighted by Crippen LogP contribution is 2.66. The number of carbonyl (C=O) groups is 2. The molecule has 0 spiro atoms. The van der Waals surface area contributed by atoms with Crippen molar-refractivity contribution in [1.82, 2.24) is 10.6 Å². The topological polar surface area (TPSA) is 82.3 Å². The van der Waals surface area contributed by atoms with Crippen molar-refractivity contribution in [3.05, 3.63) is 59.7 Å². The average molecular weight is 402 g/mol. The van der Waals surface area contributed by atoms with Crippen LogP contribution in [0.2, 0.25) is 0 Å². The highest BCUT2D eigenvalue weighted by atomic mass is 16.1. The van der Waals surface area contributed by atoms with Gasteiger partial charge in [0.2, 0.25) is 0 Å². The van der Waals surface area contributed by atoms with Gasteiger partial charge in [-0.05, 0) is 37.1 Å². The van der Waals surface area contributed by atoms with Gasteiger partial charge < -0.3 is 10.6 Å². The minimum absolute atomic E-state index is 0.124. The molecule has 0 radical (unpaired) electrons. The summed E-state index contributed by atoms with van der Waals surface area (Å²) in [6.07, 6.45) is -0.248. The van der Waals surface area contributed by atoms with Crippen LogP contribution in [0.25, 0.3) is 0 Å².